The number of rotatable bonds is 5. The third-order valence-corrected chi connectivity index (χ3v) is 11.0. The van der Waals surface area contributed by atoms with E-state index in [1.807, 2.05) is 134 Å². The van der Waals surface area contributed by atoms with Crippen molar-refractivity contribution in [3.05, 3.63) is 155 Å². The van der Waals surface area contributed by atoms with E-state index in [1.165, 1.54) is 6.07 Å². The Morgan fingerprint density at radius 3 is 1.33 bits per heavy atom. The van der Waals surface area contributed by atoms with Crippen molar-refractivity contribution in [2.24, 2.45) is 0 Å². The first kappa shape index (κ1) is 37.5. The molecule has 4 heterocycles. The van der Waals surface area contributed by atoms with E-state index in [0.717, 1.165) is 60.8 Å². The summed E-state index contributed by atoms with van der Waals surface area (Å²) in [6, 6.07) is 38.0. The quantitative estimate of drug-likeness (QED) is 0.170. The van der Waals surface area contributed by atoms with Gasteiger partial charge in [-0.1, -0.05) is 42.5 Å². The lowest BCUT2D eigenvalue weighted by Crippen LogP contribution is -2.07. The van der Waals surface area contributed by atoms with Crippen molar-refractivity contribution in [2.75, 3.05) is 0 Å². The molecular weight excluding hydrogens is 772 g/mol. The van der Waals surface area contributed by atoms with E-state index in [1.54, 1.807) is 13.0 Å². The van der Waals surface area contributed by atoms with Crippen LogP contribution in [0.5, 0.6) is 0 Å². The Morgan fingerprint density at radius 2 is 0.885 bits per heavy atom. The van der Waals surface area contributed by atoms with Gasteiger partial charge >= 0.3 is 6.18 Å². The highest BCUT2D eigenvalue weighted by molar-refractivity contribution is 6.12. The van der Waals surface area contributed by atoms with Crippen molar-refractivity contribution in [1.29, 1.82) is 5.26 Å². The van der Waals surface area contributed by atoms with Crippen LogP contribution >= 0.6 is 0 Å². The number of halogens is 3. The van der Waals surface area contributed by atoms with Crippen molar-refractivity contribution in [3.8, 4) is 51.3 Å². The van der Waals surface area contributed by atoms with E-state index in [4.69, 9.17) is 0 Å². The average molecular weight is 806 g/mol. The third kappa shape index (κ3) is 6.33. The number of para-hydroxylation sites is 2. The summed E-state index contributed by atoms with van der Waals surface area (Å²) >= 11 is 0. The second kappa shape index (κ2) is 13.9. The summed E-state index contributed by atoms with van der Waals surface area (Å²) in [5.41, 5.74) is 6.74. The maximum Gasteiger partial charge on any atom is 0.416 e. The summed E-state index contributed by atoms with van der Waals surface area (Å²) in [5, 5.41) is 15.0. The van der Waals surface area contributed by atoms with Gasteiger partial charge in [-0.3, -0.25) is 0 Å². The maximum absolute atomic E-state index is 14.4. The van der Waals surface area contributed by atoms with Crippen LogP contribution < -0.4 is 0 Å². The zero-order valence-corrected chi connectivity index (χ0v) is 33.6. The van der Waals surface area contributed by atoms with Gasteiger partial charge in [0.1, 0.15) is 34.9 Å². The molecule has 10 rings (SSSR count). The number of hydrogen-bond acceptors (Lipinski definition) is 7. The van der Waals surface area contributed by atoms with E-state index in [2.05, 4.69) is 36.0 Å². The van der Waals surface area contributed by atoms with Crippen LogP contribution in [0, 0.1) is 45.9 Å². The Kier molecular flexibility index (Phi) is 8.55. The number of alkyl halides is 3. The topological polar surface area (TPSA) is 111 Å². The van der Waals surface area contributed by atoms with Crippen LogP contribution in [0.25, 0.3) is 88.9 Å². The second-order valence-electron chi connectivity index (χ2n) is 15.3. The molecule has 9 nitrogen and oxygen atoms in total. The average Bonchev–Trinajstić information content (AvgIpc) is 3.74. The van der Waals surface area contributed by atoms with Crippen LogP contribution in [0.15, 0.2) is 115 Å². The number of aryl methyl sites for hydroxylation is 5. The first-order valence-electron chi connectivity index (χ1n) is 19.6. The van der Waals surface area contributed by atoms with Gasteiger partial charge in [0.25, 0.3) is 0 Å². The Morgan fingerprint density at radius 1 is 0.459 bits per heavy atom. The fourth-order valence-corrected chi connectivity index (χ4v) is 8.59. The highest BCUT2D eigenvalue weighted by atomic mass is 19.4. The van der Waals surface area contributed by atoms with Gasteiger partial charge in [0.2, 0.25) is 0 Å². The van der Waals surface area contributed by atoms with E-state index >= 15 is 0 Å². The molecule has 0 bridgehead atoms. The maximum atomic E-state index is 14.4. The van der Waals surface area contributed by atoms with Gasteiger partial charge in [0, 0.05) is 32.7 Å². The summed E-state index contributed by atoms with van der Waals surface area (Å²) in [6.45, 7) is 8.97. The predicted octanol–water partition coefficient (Wildman–Crippen LogP) is 11.7. The lowest BCUT2D eigenvalue weighted by Gasteiger charge is -2.19. The highest BCUT2D eigenvalue weighted by Crippen LogP contribution is 2.42. The molecule has 6 aromatic carbocycles. The van der Waals surface area contributed by atoms with Gasteiger partial charge in [-0.2, -0.15) is 18.4 Å². The third-order valence-electron chi connectivity index (χ3n) is 11.0. The van der Waals surface area contributed by atoms with Gasteiger partial charge < -0.3 is 9.13 Å². The Labute approximate surface area is 347 Å². The molecule has 296 valence electrons. The zero-order chi connectivity index (χ0) is 42.3. The Bertz CT molecular complexity index is 3270. The van der Waals surface area contributed by atoms with Crippen LogP contribution in [-0.4, -0.2) is 39.0 Å². The molecule has 0 radical (unpaired) electrons. The normalized spacial score (nSPS) is 11.9. The molecule has 0 spiro atoms. The number of aromatic nitrogens is 8. The number of nitrogens with zero attached hydrogens (tertiary/aromatic N) is 9. The smallest absolute Gasteiger partial charge is 0.308 e. The van der Waals surface area contributed by atoms with Crippen molar-refractivity contribution in [1.82, 2.24) is 39.0 Å². The lowest BCUT2D eigenvalue weighted by molar-refractivity contribution is -0.137. The molecule has 0 saturated carbocycles. The van der Waals surface area contributed by atoms with Crippen LogP contribution in [0.1, 0.15) is 40.0 Å². The van der Waals surface area contributed by atoms with Gasteiger partial charge in [-0.15, -0.1) is 0 Å². The summed E-state index contributed by atoms with van der Waals surface area (Å²) < 4.78 is 47.3. The molecule has 0 saturated heterocycles. The van der Waals surface area contributed by atoms with Gasteiger partial charge in [-0.25, -0.2) is 29.9 Å². The SMILES string of the molecule is Cc1cc(-c2cc(-n3c4ccccc4c4cc(-c5nc(C)nc(C)n5)ccc43)c(C#N)c(-n3c4ccccc4c4cc(-c5nc(C)nc(C)n5)ccc43)c2)cc(C(F)(F)F)c1. The van der Waals surface area contributed by atoms with Gasteiger partial charge in [0.15, 0.2) is 11.6 Å². The molecule has 0 aliphatic rings. The van der Waals surface area contributed by atoms with E-state index in [9.17, 15) is 18.4 Å². The van der Waals surface area contributed by atoms with Crippen LogP contribution in [-0.2, 0) is 6.18 Å². The summed E-state index contributed by atoms with van der Waals surface area (Å²) in [7, 11) is 0. The molecule has 0 atom stereocenters. The van der Waals surface area contributed by atoms with E-state index in [-0.39, 0.29) is 0 Å². The molecule has 10 aromatic rings. The van der Waals surface area contributed by atoms with Gasteiger partial charge in [0.05, 0.1) is 39.0 Å². The minimum atomic E-state index is -4.57. The standard InChI is InChI=1S/C49H34F3N9/c1-26-18-33(20-35(19-26)49(50,51)52)34-23-45(60-41-12-8-6-10-36(41)38-21-31(14-16-43(38)60)47-56-27(2)54-28(3)57-47)40(25-53)46(24-34)61-42-13-9-7-11-37(42)39-22-32(15-17-44(39)61)48-58-29(4)55-30(5)59-48/h6-24H,1-5H3. The van der Waals surface area contributed by atoms with Gasteiger partial charge in [-0.05, 0) is 124 Å². The first-order chi connectivity index (χ1) is 29.3. The predicted molar refractivity (Wildman–Crippen MR) is 232 cm³/mol. The van der Waals surface area contributed by atoms with Crippen molar-refractivity contribution < 1.29 is 13.2 Å². The molecule has 61 heavy (non-hydrogen) atoms. The highest BCUT2D eigenvalue weighted by Gasteiger charge is 2.31. The van der Waals surface area contributed by atoms with E-state index in [0.29, 0.717) is 68.6 Å². The van der Waals surface area contributed by atoms with Crippen molar-refractivity contribution in [3.63, 3.8) is 0 Å². The second-order valence-corrected chi connectivity index (χ2v) is 15.3. The number of benzene rings is 6. The van der Waals surface area contributed by atoms with Crippen LogP contribution in [0.3, 0.4) is 0 Å². The van der Waals surface area contributed by atoms with Crippen molar-refractivity contribution >= 4 is 43.6 Å². The minimum Gasteiger partial charge on any atom is -0.308 e. The van der Waals surface area contributed by atoms with E-state index < -0.39 is 11.7 Å². The fraction of sp³-hybridized carbons (Fsp3) is 0.122. The molecule has 0 N–H and O–H groups in total. The summed E-state index contributed by atoms with van der Waals surface area (Å²) in [6.07, 6.45) is -4.57. The number of hydrogen-bond donors (Lipinski definition) is 0. The molecule has 0 amide bonds. The number of nitriles is 1. The monoisotopic (exact) mass is 805 g/mol. The number of fused-ring (bicyclic) bond motifs is 6. The first-order valence-corrected chi connectivity index (χ1v) is 19.6. The van der Waals surface area contributed by atoms with Crippen LogP contribution in [0.4, 0.5) is 13.2 Å². The molecule has 0 unspecified atom stereocenters. The Hall–Kier alpha value is -7.78. The Balaban J connectivity index is 1.30. The molecule has 4 aromatic heterocycles. The van der Waals surface area contributed by atoms with Crippen LogP contribution in [0.2, 0.25) is 0 Å². The molecular formula is C49H34F3N9. The van der Waals surface area contributed by atoms with Crippen molar-refractivity contribution in [2.45, 2.75) is 40.8 Å². The molecule has 0 aliphatic heterocycles. The summed E-state index contributed by atoms with van der Waals surface area (Å²) in [5.74, 6) is 3.51. The largest absolute Gasteiger partial charge is 0.416 e. The summed E-state index contributed by atoms with van der Waals surface area (Å²) in [4.78, 5) is 27.2. The molecule has 0 fully saturated rings. The fourth-order valence-electron chi connectivity index (χ4n) is 8.59. The minimum absolute atomic E-state index is 0.332. The zero-order valence-electron chi connectivity index (χ0n) is 33.6. The molecule has 12 heteroatoms. The lowest BCUT2D eigenvalue weighted by atomic mass is 9.96. The molecule has 0 aliphatic carbocycles.